The fraction of sp³-hybridized carbons (Fsp3) is 0.400. The van der Waals surface area contributed by atoms with Crippen molar-refractivity contribution in [2.75, 3.05) is 18.4 Å². The largest absolute Gasteiger partial charge is 0.385 e. The molecule has 19 heavy (non-hydrogen) atoms. The van der Waals surface area contributed by atoms with E-state index in [2.05, 4.69) is 53.4 Å². The van der Waals surface area contributed by atoms with Gasteiger partial charge in [0.15, 0.2) is 0 Å². The summed E-state index contributed by atoms with van der Waals surface area (Å²) in [6, 6.07) is 8.35. The van der Waals surface area contributed by atoms with Crippen molar-refractivity contribution in [3.8, 4) is 11.3 Å². The number of hydrogen-bond acceptors (Lipinski definition) is 3. The number of nitrogens with one attached hydrogen (secondary N) is 2. The number of anilines is 1. The second-order valence-electron chi connectivity index (χ2n) is 5.16. The van der Waals surface area contributed by atoms with E-state index in [4.69, 9.17) is 5.73 Å². The molecule has 1 heterocycles. The summed E-state index contributed by atoms with van der Waals surface area (Å²) in [4.78, 5) is 7.13. The lowest BCUT2D eigenvalue weighted by Gasteiger charge is -2.20. The minimum atomic E-state index is 0.507. The molecule has 4 heteroatoms. The second kappa shape index (κ2) is 6.38. The fourth-order valence-electron chi connectivity index (χ4n) is 2.02. The van der Waals surface area contributed by atoms with Crippen LogP contribution in [0.3, 0.4) is 0 Å². The summed E-state index contributed by atoms with van der Waals surface area (Å²) >= 11 is 0. The van der Waals surface area contributed by atoms with E-state index in [1.807, 2.05) is 6.20 Å². The Morgan fingerprint density at radius 2 is 2.00 bits per heavy atom. The Kier molecular flexibility index (Phi) is 4.58. The highest BCUT2D eigenvalue weighted by Gasteiger charge is 2.10. The van der Waals surface area contributed by atoms with Gasteiger partial charge in [-0.25, -0.2) is 4.98 Å². The van der Waals surface area contributed by atoms with Crippen LogP contribution in [0, 0.1) is 11.8 Å². The number of hydrogen-bond donors (Lipinski definition) is 3. The Balaban J connectivity index is 1.96. The summed E-state index contributed by atoms with van der Waals surface area (Å²) in [6.07, 6.45) is 3.52. The topological polar surface area (TPSA) is 66.7 Å². The molecule has 4 N–H and O–H groups in total. The third-order valence-corrected chi connectivity index (χ3v) is 3.51. The van der Waals surface area contributed by atoms with E-state index in [0.717, 1.165) is 30.0 Å². The molecule has 102 valence electrons. The molecule has 4 nitrogen and oxygen atoms in total. The number of nitrogens with zero attached hydrogens (tertiary/aromatic N) is 1. The molecular weight excluding hydrogens is 236 g/mol. The van der Waals surface area contributed by atoms with Crippen LogP contribution in [0.2, 0.25) is 0 Å². The van der Waals surface area contributed by atoms with Gasteiger partial charge in [-0.3, -0.25) is 0 Å². The average molecular weight is 258 g/mol. The van der Waals surface area contributed by atoms with Crippen LogP contribution >= 0.6 is 0 Å². The van der Waals surface area contributed by atoms with Gasteiger partial charge in [0.1, 0.15) is 0 Å². The highest BCUT2D eigenvalue weighted by atomic mass is 14.9. The first-order valence-electron chi connectivity index (χ1n) is 6.73. The highest BCUT2D eigenvalue weighted by molar-refractivity contribution is 5.61. The summed E-state index contributed by atoms with van der Waals surface area (Å²) in [5.41, 5.74) is 9.08. The van der Waals surface area contributed by atoms with Gasteiger partial charge in [-0.05, 0) is 36.1 Å². The van der Waals surface area contributed by atoms with Gasteiger partial charge in [0.25, 0.3) is 0 Å². The van der Waals surface area contributed by atoms with E-state index < -0.39 is 0 Å². The number of nitrogens with two attached hydrogens (primary N) is 1. The van der Waals surface area contributed by atoms with Crippen molar-refractivity contribution < 1.29 is 0 Å². The molecule has 2 aromatic rings. The third kappa shape index (κ3) is 3.58. The van der Waals surface area contributed by atoms with Crippen molar-refractivity contribution in [2.24, 2.45) is 17.6 Å². The maximum absolute atomic E-state index is 5.78. The van der Waals surface area contributed by atoms with E-state index >= 15 is 0 Å². The summed E-state index contributed by atoms with van der Waals surface area (Å²) in [6.45, 7) is 6.05. The van der Waals surface area contributed by atoms with Crippen LogP contribution in [0.1, 0.15) is 13.8 Å². The first-order valence-corrected chi connectivity index (χ1v) is 6.73. The Labute approximate surface area is 114 Å². The minimum absolute atomic E-state index is 0.507. The maximum Gasteiger partial charge on any atom is 0.0924 e. The van der Waals surface area contributed by atoms with Crippen molar-refractivity contribution in [1.29, 1.82) is 0 Å². The van der Waals surface area contributed by atoms with E-state index in [1.54, 1.807) is 6.33 Å². The van der Waals surface area contributed by atoms with Crippen LogP contribution in [0.4, 0.5) is 5.69 Å². The molecule has 1 aromatic heterocycles. The van der Waals surface area contributed by atoms with Gasteiger partial charge >= 0.3 is 0 Å². The van der Waals surface area contributed by atoms with E-state index in [1.165, 1.54) is 0 Å². The quantitative estimate of drug-likeness (QED) is 0.746. The smallest absolute Gasteiger partial charge is 0.0924 e. The second-order valence-corrected chi connectivity index (χ2v) is 5.16. The van der Waals surface area contributed by atoms with Crippen LogP contribution in [-0.2, 0) is 0 Å². The average Bonchev–Trinajstić information content (AvgIpc) is 2.94. The predicted octanol–water partition coefficient (Wildman–Crippen LogP) is 2.72. The standard InChI is InChI=1S/C15H22N4/c1-11(2)13(7-16)8-18-14-5-3-12(4-6-14)15-9-17-10-19-15/h3-6,9-11,13,18H,7-8,16H2,1-2H3,(H,17,19). The number of rotatable bonds is 6. The lowest BCUT2D eigenvalue weighted by Crippen LogP contribution is -2.27. The molecule has 2 rings (SSSR count). The number of aromatic amines is 1. The molecule has 1 unspecified atom stereocenters. The molecule has 0 radical (unpaired) electrons. The van der Waals surface area contributed by atoms with Gasteiger partial charge in [0.05, 0.1) is 18.2 Å². The molecule has 0 saturated heterocycles. The summed E-state index contributed by atoms with van der Waals surface area (Å²) < 4.78 is 0. The minimum Gasteiger partial charge on any atom is -0.385 e. The van der Waals surface area contributed by atoms with Crippen LogP contribution in [0.25, 0.3) is 11.3 Å². The fourth-order valence-corrected chi connectivity index (χ4v) is 2.02. The van der Waals surface area contributed by atoms with E-state index in [9.17, 15) is 0 Å². The van der Waals surface area contributed by atoms with Gasteiger partial charge in [-0.2, -0.15) is 0 Å². The van der Waals surface area contributed by atoms with Crippen molar-refractivity contribution in [1.82, 2.24) is 9.97 Å². The highest BCUT2D eigenvalue weighted by Crippen LogP contribution is 2.19. The van der Waals surface area contributed by atoms with Gasteiger partial charge in [-0.1, -0.05) is 26.0 Å². The first kappa shape index (κ1) is 13.6. The van der Waals surface area contributed by atoms with Crippen LogP contribution in [0.5, 0.6) is 0 Å². The molecule has 1 aromatic carbocycles. The Morgan fingerprint density at radius 3 is 2.53 bits per heavy atom. The van der Waals surface area contributed by atoms with Crippen molar-refractivity contribution in [3.63, 3.8) is 0 Å². The molecule has 0 aliphatic carbocycles. The van der Waals surface area contributed by atoms with Crippen molar-refractivity contribution in [3.05, 3.63) is 36.8 Å². The molecule has 0 bridgehead atoms. The lowest BCUT2D eigenvalue weighted by molar-refractivity contribution is 0.413. The zero-order chi connectivity index (χ0) is 13.7. The number of imidazole rings is 1. The number of H-pyrrole nitrogens is 1. The Morgan fingerprint density at radius 1 is 1.26 bits per heavy atom. The molecule has 0 aliphatic rings. The van der Waals surface area contributed by atoms with E-state index in [0.29, 0.717) is 11.8 Å². The van der Waals surface area contributed by atoms with Crippen molar-refractivity contribution in [2.45, 2.75) is 13.8 Å². The molecule has 1 atom stereocenters. The number of aromatic nitrogens is 2. The molecule has 0 fully saturated rings. The SMILES string of the molecule is CC(C)C(CN)CNc1ccc(-c2cnc[nH]2)cc1. The monoisotopic (exact) mass is 258 g/mol. The first-order chi connectivity index (χ1) is 9.20. The lowest BCUT2D eigenvalue weighted by atomic mass is 9.96. The van der Waals surface area contributed by atoms with Gasteiger partial charge < -0.3 is 16.0 Å². The molecule has 0 spiro atoms. The summed E-state index contributed by atoms with van der Waals surface area (Å²) in [5.74, 6) is 1.11. The Bertz CT molecular complexity index is 473. The normalized spacial score (nSPS) is 12.6. The van der Waals surface area contributed by atoms with Crippen molar-refractivity contribution >= 4 is 5.69 Å². The molecule has 0 amide bonds. The third-order valence-electron chi connectivity index (χ3n) is 3.51. The predicted molar refractivity (Wildman–Crippen MR) is 79.9 cm³/mol. The van der Waals surface area contributed by atoms with Crippen LogP contribution < -0.4 is 11.1 Å². The summed E-state index contributed by atoms with van der Waals surface area (Å²) in [7, 11) is 0. The van der Waals surface area contributed by atoms with Crippen LogP contribution in [0.15, 0.2) is 36.8 Å². The zero-order valence-electron chi connectivity index (χ0n) is 11.6. The molecular formula is C15H22N4. The van der Waals surface area contributed by atoms with Gasteiger partial charge in [-0.15, -0.1) is 0 Å². The zero-order valence-corrected chi connectivity index (χ0v) is 11.6. The van der Waals surface area contributed by atoms with Gasteiger partial charge in [0, 0.05) is 12.2 Å². The Hall–Kier alpha value is -1.81. The molecule has 0 aliphatic heterocycles. The number of benzene rings is 1. The molecule has 0 saturated carbocycles. The maximum atomic E-state index is 5.78. The van der Waals surface area contributed by atoms with Gasteiger partial charge in [0.2, 0.25) is 0 Å². The van der Waals surface area contributed by atoms with E-state index in [-0.39, 0.29) is 0 Å². The summed E-state index contributed by atoms with van der Waals surface area (Å²) in [5, 5.41) is 3.44. The van der Waals surface area contributed by atoms with Crippen LogP contribution in [-0.4, -0.2) is 23.1 Å².